The fourth-order valence-electron chi connectivity index (χ4n) is 4.26. The standard InChI is InChI=1S/C24H27FN2O3/c1-30-19-6-4-5-17(15-19)16-27-14-11-18(9-10-22(27)28)26-23(29)24(12-13-24)20-7-2-3-8-21(20)25/h2-8,15,18H,9-14,16H2,1H3,(H,26,29). The van der Waals surface area contributed by atoms with Gasteiger partial charge in [-0.1, -0.05) is 30.3 Å². The zero-order valence-corrected chi connectivity index (χ0v) is 17.2. The molecule has 1 N–H and O–H groups in total. The molecule has 2 aromatic carbocycles. The van der Waals surface area contributed by atoms with E-state index in [9.17, 15) is 14.0 Å². The molecular formula is C24H27FN2O3. The van der Waals surface area contributed by atoms with Crippen molar-refractivity contribution in [2.24, 2.45) is 0 Å². The number of benzene rings is 2. The average Bonchev–Trinajstić information content (AvgIpc) is 3.57. The first-order chi connectivity index (χ1) is 14.5. The summed E-state index contributed by atoms with van der Waals surface area (Å²) in [5, 5.41) is 3.11. The number of hydrogen-bond acceptors (Lipinski definition) is 3. The van der Waals surface area contributed by atoms with Crippen LogP contribution in [0.5, 0.6) is 5.75 Å². The van der Waals surface area contributed by atoms with Gasteiger partial charge in [0, 0.05) is 31.1 Å². The van der Waals surface area contributed by atoms with Crippen molar-refractivity contribution in [3.8, 4) is 5.75 Å². The van der Waals surface area contributed by atoms with Gasteiger partial charge in [-0.15, -0.1) is 0 Å². The van der Waals surface area contributed by atoms with Crippen LogP contribution in [0.1, 0.15) is 43.2 Å². The second-order valence-corrected chi connectivity index (χ2v) is 8.23. The summed E-state index contributed by atoms with van der Waals surface area (Å²) in [7, 11) is 1.62. The molecule has 1 heterocycles. The molecule has 1 saturated heterocycles. The Hall–Kier alpha value is -2.89. The van der Waals surface area contributed by atoms with Gasteiger partial charge in [-0.3, -0.25) is 9.59 Å². The molecule has 0 aromatic heterocycles. The number of ether oxygens (including phenoxy) is 1. The molecule has 1 saturated carbocycles. The highest BCUT2D eigenvalue weighted by molar-refractivity contribution is 5.91. The lowest BCUT2D eigenvalue weighted by molar-refractivity contribution is -0.131. The lowest BCUT2D eigenvalue weighted by atomic mass is 9.93. The minimum absolute atomic E-state index is 0.0824. The molecule has 5 nitrogen and oxygen atoms in total. The molecule has 4 rings (SSSR count). The van der Waals surface area contributed by atoms with Crippen LogP contribution >= 0.6 is 0 Å². The quantitative estimate of drug-likeness (QED) is 0.792. The zero-order chi connectivity index (χ0) is 21.1. The van der Waals surface area contributed by atoms with E-state index in [1.165, 1.54) is 6.07 Å². The Labute approximate surface area is 176 Å². The minimum Gasteiger partial charge on any atom is -0.497 e. The van der Waals surface area contributed by atoms with E-state index in [1.807, 2.05) is 29.2 Å². The SMILES string of the molecule is COc1cccc(CN2CCC(NC(=O)C3(c4ccccc4F)CC3)CCC2=O)c1. The van der Waals surface area contributed by atoms with Gasteiger partial charge < -0.3 is 15.0 Å². The molecule has 2 aromatic rings. The number of hydrogen-bond donors (Lipinski definition) is 1. The number of carbonyl (C=O) groups is 2. The first-order valence-corrected chi connectivity index (χ1v) is 10.5. The summed E-state index contributed by atoms with van der Waals surface area (Å²) in [4.78, 5) is 27.4. The molecular weight excluding hydrogens is 383 g/mol. The molecule has 2 amide bonds. The fourth-order valence-corrected chi connectivity index (χ4v) is 4.26. The first-order valence-electron chi connectivity index (χ1n) is 10.5. The summed E-state index contributed by atoms with van der Waals surface area (Å²) in [5.74, 6) is 0.407. The van der Waals surface area contributed by atoms with Gasteiger partial charge in [-0.05, 0) is 49.4 Å². The van der Waals surface area contributed by atoms with Crippen molar-refractivity contribution in [2.45, 2.75) is 50.1 Å². The number of amides is 2. The molecule has 1 aliphatic heterocycles. The van der Waals surface area contributed by atoms with E-state index in [0.717, 1.165) is 11.3 Å². The smallest absolute Gasteiger partial charge is 0.230 e. The molecule has 30 heavy (non-hydrogen) atoms. The van der Waals surface area contributed by atoms with E-state index in [2.05, 4.69) is 5.32 Å². The Morgan fingerprint density at radius 1 is 1.20 bits per heavy atom. The van der Waals surface area contributed by atoms with Crippen molar-refractivity contribution in [3.05, 3.63) is 65.5 Å². The van der Waals surface area contributed by atoms with Crippen LogP contribution in [-0.4, -0.2) is 36.4 Å². The van der Waals surface area contributed by atoms with E-state index in [0.29, 0.717) is 50.8 Å². The number of halogens is 1. The zero-order valence-electron chi connectivity index (χ0n) is 17.2. The maximum Gasteiger partial charge on any atom is 0.230 e. The van der Waals surface area contributed by atoms with Crippen LogP contribution in [0.25, 0.3) is 0 Å². The van der Waals surface area contributed by atoms with Crippen LogP contribution in [0.4, 0.5) is 4.39 Å². The van der Waals surface area contributed by atoms with E-state index in [1.54, 1.807) is 25.3 Å². The van der Waals surface area contributed by atoms with E-state index >= 15 is 0 Å². The van der Waals surface area contributed by atoms with E-state index in [-0.39, 0.29) is 23.7 Å². The molecule has 6 heteroatoms. The van der Waals surface area contributed by atoms with Gasteiger partial charge in [0.1, 0.15) is 11.6 Å². The molecule has 0 spiro atoms. The molecule has 2 aliphatic rings. The van der Waals surface area contributed by atoms with E-state index < -0.39 is 5.41 Å². The van der Waals surface area contributed by atoms with Crippen LogP contribution in [0.3, 0.4) is 0 Å². The highest BCUT2D eigenvalue weighted by atomic mass is 19.1. The van der Waals surface area contributed by atoms with Gasteiger partial charge in [-0.2, -0.15) is 0 Å². The predicted octanol–water partition coefficient (Wildman–Crippen LogP) is 3.56. The normalized spacial score (nSPS) is 20.4. The second kappa shape index (κ2) is 8.46. The molecule has 1 atom stereocenters. The largest absolute Gasteiger partial charge is 0.497 e. The van der Waals surface area contributed by atoms with Gasteiger partial charge in [0.15, 0.2) is 0 Å². The van der Waals surface area contributed by atoms with Crippen LogP contribution < -0.4 is 10.1 Å². The van der Waals surface area contributed by atoms with Gasteiger partial charge in [0.05, 0.1) is 12.5 Å². The number of rotatable bonds is 6. The predicted molar refractivity (Wildman–Crippen MR) is 112 cm³/mol. The monoisotopic (exact) mass is 410 g/mol. The number of nitrogens with one attached hydrogen (secondary N) is 1. The lowest BCUT2D eigenvalue weighted by Gasteiger charge is -2.23. The van der Waals surface area contributed by atoms with Gasteiger partial charge in [-0.25, -0.2) is 4.39 Å². The van der Waals surface area contributed by atoms with Gasteiger partial charge in [0.2, 0.25) is 11.8 Å². The van der Waals surface area contributed by atoms with Gasteiger partial charge >= 0.3 is 0 Å². The molecule has 158 valence electrons. The maximum atomic E-state index is 14.3. The first kappa shape index (κ1) is 20.4. The molecule has 1 unspecified atom stereocenters. The van der Waals surface area contributed by atoms with Crippen molar-refractivity contribution in [1.29, 1.82) is 0 Å². The summed E-state index contributed by atoms with van der Waals surface area (Å²) < 4.78 is 19.5. The molecule has 2 fully saturated rings. The lowest BCUT2D eigenvalue weighted by Crippen LogP contribution is -2.42. The van der Waals surface area contributed by atoms with Crippen molar-refractivity contribution in [1.82, 2.24) is 10.2 Å². The van der Waals surface area contributed by atoms with E-state index in [4.69, 9.17) is 4.74 Å². The average molecular weight is 410 g/mol. The Morgan fingerprint density at radius 2 is 2.00 bits per heavy atom. The molecule has 0 bridgehead atoms. The third-order valence-electron chi connectivity index (χ3n) is 6.22. The summed E-state index contributed by atoms with van der Waals surface area (Å²) in [6.07, 6.45) is 3.00. The fraction of sp³-hybridized carbons (Fsp3) is 0.417. The highest BCUT2D eigenvalue weighted by Gasteiger charge is 2.53. The topological polar surface area (TPSA) is 58.6 Å². The molecule has 1 aliphatic carbocycles. The Balaban J connectivity index is 1.38. The van der Waals surface area contributed by atoms with Crippen molar-refractivity contribution in [3.63, 3.8) is 0 Å². The summed E-state index contributed by atoms with van der Waals surface area (Å²) in [6, 6.07) is 14.1. The number of likely N-dealkylation sites (tertiary alicyclic amines) is 1. The Morgan fingerprint density at radius 3 is 2.73 bits per heavy atom. The van der Waals surface area contributed by atoms with Crippen molar-refractivity contribution >= 4 is 11.8 Å². The Kier molecular flexibility index (Phi) is 5.75. The number of methoxy groups -OCH3 is 1. The maximum absolute atomic E-state index is 14.3. The van der Waals surface area contributed by atoms with Crippen LogP contribution in [0.15, 0.2) is 48.5 Å². The van der Waals surface area contributed by atoms with Crippen molar-refractivity contribution in [2.75, 3.05) is 13.7 Å². The van der Waals surface area contributed by atoms with Crippen LogP contribution in [0.2, 0.25) is 0 Å². The summed E-state index contributed by atoms with van der Waals surface area (Å²) in [5.41, 5.74) is 0.746. The minimum atomic E-state index is -0.748. The van der Waals surface area contributed by atoms with Crippen LogP contribution in [0, 0.1) is 5.82 Å². The third-order valence-corrected chi connectivity index (χ3v) is 6.22. The third kappa shape index (κ3) is 4.18. The summed E-state index contributed by atoms with van der Waals surface area (Å²) >= 11 is 0. The number of nitrogens with zero attached hydrogens (tertiary/aromatic N) is 1. The van der Waals surface area contributed by atoms with Crippen molar-refractivity contribution < 1.29 is 18.7 Å². The second-order valence-electron chi connectivity index (χ2n) is 8.23. The van der Waals surface area contributed by atoms with Gasteiger partial charge in [0.25, 0.3) is 0 Å². The highest BCUT2D eigenvalue weighted by Crippen LogP contribution is 2.49. The van der Waals surface area contributed by atoms with Crippen LogP contribution in [-0.2, 0) is 21.5 Å². The summed E-state index contributed by atoms with van der Waals surface area (Å²) in [6.45, 7) is 1.10. The molecule has 0 radical (unpaired) electrons. The Bertz CT molecular complexity index is 942. The number of carbonyl (C=O) groups excluding carboxylic acids is 2.